The van der Waals surface area contributed by atoms with Gasteiger partial charge in [-0.1, -0.05) is 0 Å². The Bertz CT molecular complexity index is 1650. The number of carboxylic acids is 1. The molecule has 0 aromatic heterocycles. The normalized spacial score (nSPS) is 46.6. The minimum atomic E-state index is -3.16. The summed E-state index contributed by atoms with van der Waals surface area (Å²) in [6.45, 7) is -3.20. The predicted molar refractivity (Wildman–Crippen MR) is 207 cm³/mol. The number of aliphatic hydroxyl groups is 16. The highest BCUT2D eigenvalue weighted by molar-refractivity contribution is 5.76. The standard InChI is InChI=1S/C37H62N2O29/c1-9(45)38-17-11(47)3-37(36(58)59,67-30(17)19(49)12(48)4-40)68-31-20(50)13(5-41)61-35(26(31)56)65-27-15(7-43)62-33(18(21(27)51)39-10(2)46)64-29-16(8-44)63-34(25(55)23(29)53)66-28-14(6-42)60-32(57)24(54)22(28)52/h11-35,40-44,47-57H,3-8H2,1-2H3,(H,38,45)(H,39,46)(H,58,59)/t11-,12+,13+,14+,15+,16+,17+,18+,19+,20-,21+,22+,23+,24+,25+,26+,27-,28+,29-,30+,31-,32+,33-,34-,35-,37-/m0/s1. The number of carboxylic acid groups (broad SMARTS) is 1. The van der Waals surface area contributed by atoms with Crippen LogP contribution in [0.1, 0.15) is 20.3 Å². The molecule has 394 valence electrons. The first-order chi connectivity index (χ1) is 32.0. The van der Waals surface area contributed by atoms with E-state index in [2.05, 4.69) is 10.6 Å². The first-order valence-electron chi connectivity index (χ1n) is 21.2. The minimum Gasteiger partial charge on any atom is -0.477 e. The van der Waals surface area contributed by atoms with Gasteiger partial charge in [-0.3, -0.25) is 9.59 Å². The topological polar surface area (TPSA) is 502 Å². The van der Waals surface area contributed by atoms with Crippen LogP contribution in [0.2, 0.25) is 0 Å². The number of carbonyl (C=O) groups is 3. The van der Waals surface area contributed by atoms with Crippen LogP contribution in [-0.2, 0) is 57.0 Å². The van der Waals surface area contributed by atoms with Crippen molar-refractivity contribution >= 4 is 17.8 Å². The predicted octanol–water partition coefficient (Wildman–Crippen LogP) is -12.4. The number of hydrogen-bond donors (Lipinski definition) is 19. The number of ether oxygens (including phenoxy) is 9. The summed E-state index contributed by atoms with van der Waals surface area (Å²) in [5, 5.41) is 184. The highest BCUT2D eigenvalue weighted by atomic mass is 16.8. The largest absolute Gasteiger partial charge is 0.477 e. The van der Waals surface area contributed by atoms with E-state index < -0.39 is 216 Å². The highest BCUT2D eigenvalue weighted by Gasteiger charge is 2.61. The summed E-state index contributed by atoms with van der Waals surface area (Å²) in [5.41, 5.74) is 0. The fraction of sp³-hybridized carbons (Fsp3) is 0.919. The Kier molecular flexibility index (Phi) is 19.7. The SMILES string of the molecule is CC(=O)N[C@H]1[C@H](O[C@@H]2[C@H](O)[C@@H](O)[C@H](O[C@H]3[C@H](O)[C@@H](O)[C@H](O)O[C@@H]3CO)O[C@@H]2CO)O[C@H](CO)[C@H](O[C@@H]2O[C@H](CO)[C@H](O)[C@H](O[C@]3(C(=O)O)C[C@H](O)[C@@H](NC(C)=O)[C@H]([C@H](O)[C@H](O)CO)O3)[C@H]2O)[C@@H]1O. The molecule has 0 radical (unpaired) electrons. The summed E-state index contributed by atoms with van der Waals surface area (Å²) >= 11 is 0. The van der Waals surface area contributed by atoms with Crippen molar-refractivity contribution in [3.8, 4) is 0 Å². The fourth-order valence-electron chi connectivity index (χ4n) is 8.55. The first-order valence-corrected chi connectivity index (χ1v) is 21.2. The molecule has 0 saturated carbocycles. The molecule has 5 aliphatic rings. The lowest BCUT2D eigenvalue weighted by molar-refractivity contribution is -0.389. The van der Waals surface area contributed by atoms with Crippen molar-refractivity contribution in [2.24, 2.45) is 0 Å². The Labute approximate surface area is 384 Å². The van der Waals surface area contributed by atoms with Crippen molar-refractivity contribution in [1.82, 2.24) is 10.6 Å². The highest BCUT2D eigenvalue weighted by Crippen LogP contribution is 2.39. The fourth-order valence-corrected chi connectivity index (χ4v) is 8.55. The monoisotopic (exact) mass is 998 g/mol. The Morgan fingerprint density at radius 2 is 1.03 bits per heavy atom. The second kappa shape index (κ2) is 23.8. The van der Waals surface area contributed by atoms with Crippen LogP contribution < -0.4 is 10.6 Å². The summed E-state index contributed by atoms with van der Waals surface area (Å²) in [4.78, 5) is 37.4. The maximum atomic E-state index is 12.9. The van der Waals surface area contributed by atoms with Gasteiger partial charge >= 0.3 is 5.97 Å². The van der Waals surface area contributed by atoms with Gasteiger partial charge in [0.05, 0.1) is 45.2 Å². The van der Waals surface area contributed by atoms with E-state index in [1.807, 2.05) is 0 Å². The van der Waals surface area contributed by atoms with Gasteiger partial charge in [-0.2, -0.15) is 0 Å². The summed E-state index contributed by atoms with van der Waals surface area (Å²) < 4.78 is 50.5. The van der Waals surface area contributed by atoms with Crippen molar-refractivity contribution in [3.63, 3.8) is 0 Å². The molecular formula is C37H62N2O29. The molecule has 0 unspecified atom stereocenters. The van der Waals surface area contributed by atoms with Gasteiger partial charge in [0.1, 0.15) is 116 Å². The molecule has 19 N–H and O–H groups in total. The average molecular weight is 999 g/mol. The van der Waals surface area contributed by atoms with E-state index in [0.29, 0.717) is 0 Å². The zero-order chi connectivity index (χ0) is 50.7. The van der Waals surface area contributed by atoms with Gasteiger partial charge < -0.3 is 140 Å². The lowest BCUT2D eigenvalue weighted by atomic mass is 9.88. The molecule has 0 spiro atoms. The maximum Gasteiger partial charge on any atom is 0.364 e. The average Bonchev–Trinajstić information content (AvgIpc) is 3.29. The third kappa shape index (κ3) is 11.8. The maximum absolute atomic E-state index is 12.9. The molecule has 31 heteroatoms. The van der Waals surface area contributed by atoms with Crippen LogP contribution in [0.4, 0.5) is 0 Å². The van der Waals surface area contributed by atoms with E-state index in [1.165, 1.54) is 0 Å². The molecule has 5 fully saturated rings. The van der Waals surface area contributed by atoms with Crippen molar-refractivity contribution in [2.45, 2.75) is 179 Å². The summed E-state index contributed by atoms with van der Waals surface area (Å²) in [6.07, 6.45) is -46.7. The van der Waals surface area contributed by atoms with Crippen molar-refractivity contribution in [3.05, 3.63) is 0 Å². The number of hydrogen-bond acceptors (Lipinski definition) is 28. The van der Waals surface area contributed by atoms with Gasteiger partial charge in [-0.25, -0.2) is 4.79 Å². The number of carbonyl (C=O) groups excluding carboxylic acids is 2. The van der Waals surface area contributed by atoms with Crippen LogP contribution in [0, 0.1) is 0 Å². The third-order valence-corrected chi connectivity index (χ3v) is 12.1. The van der Waals surface area contributed by atoms with E-state index in [0.717, 1.165) is 13.8 Å². The van der Waals surface area contributed by atoms with Crippen LogP contribution in [0.5, 0.6) is 0 Å². The van der Waals surface area contributed by atoms with Gasteiger partial charge in [0.25, 0.3) is 5.79 Å². The zero-order valence-corrected chi connectivity index (χ0v) is 36.2. The number of aliphatic hydroxyl groups excluding tert-OH is 16. The van der Waals surface area contributed by atoms with Crippen LogP contribution >= 0.6 is 0 Å². The number of amides is 2. The molecule has 5 aliphatic heterocycles. The minimum absolute atomic E-state index is 0.809. The molecular weight excluding hydrogens is 936 g/mol. The summed E-state index contributed by atoms with van der Waals surface area (Å²) in [5.74, 6) is -6.89. The van der Waals surface area contributed by atoms with Crippen LogP contribution in [-0.4, -0.2) is 297 Å². The molecule has 2 amide bonds. The van der Waals surface area contributed by atoms with Crippen molar-refractivity contribution in [1.29, 1.82) is 0 Å². The van der Waals surface area contributed by atoms with E-state index in [9.17, 15) is 101 Å². The zero-order valence-electron chi connectivity index (χ0n) is 36.2. The van der Waals surface area contributed by atoms with E-state index in [4.69, 9.17) is 42.6 Å². The molecule has 26 atom stereocenters. The molecule has 0 aromatic carbocycles. The number of rotatable bonds is 18. The molecule has 5 heterocycles. The molecule has 31 nitrogen and oxygen atoms in total. The van der Waals surface area contributed by atoms with Crippen molar-refractivity contribution < 1.29 is 144 Å². The Morgan fingerprint density at radius 3 is 1.54 bits per heavy atom. The first kappa shape index (κ1) is 56.3. The van der Waals surface area contributed by atoms with Gasteiger partial charge in [0, 0.05) is 20.3 Å². The smallest absolute Gasteiger partial charge is 0.364 e. The molecule has 5 saturated heterocycles. The van der Waals surface area contributed by atoms with Gasteiger partial charge in [-0.15, -0.1) is 0 Å². The van der Waals surface area contributed by atoms with Gasteiger partial charge in [0.2, 0.25) is 11.8 Å². The van der Waals surface area contributed by atoms with Crippen LogP contribution in [0.3, 0.4) is 0 Å². The van der Waals surface area contributed by atoms with E-state index >= 15 is 0 Å². The summed E-state index contributed by atoms with van der Waals surface area (Å²) in [6, 6.07) is -3.43. The molecule has 0 aromatic rings. The lowest BCUT2D eigenvalue weighted by Crippen LogP contribution is -2.71. The van der Waals surface area contributed by atoms with Crippen molar-refractivity contribution in [2.75, 3.05) is 33.0 Å². The molecule has 5 rings (SSSR count). The molecule has 68 heavy (non-hydrogen) atoms. The molecule has 0 aliphatic carbocycles. The Balaban J connectivity index is 1.37. The van der Waals surface area contributed by atoms with Crippen LogP contribution in [0.15, 0.2) is 0 Å². The second-order valence-electron chi connectivity index (χ2n) is 16.8. The number of nitrogens with one attached hydrogen (secondary N) is 2. The van der Waals surface area contributed by atoms with Crippen LogP contribution in [0.25, 0.3) is 0 Å². The van der Waals surface area contributed by atoms with Gasteiger partial charge in [-0.05, 0) is 0 Å². The Hall–Kier alpha value is -2.59. The Morgan fingerprint density at radius 1 is 0.574 bits per heavy atom. The quantitative estimate of drug-likeness (QED) is 0.0606. The van der Waals surface area contributed by atoms with E-state index in [1.54, 1.807) is 0 Å². The lowest BCUT2D eigenvalue weighted by Gasteiger charge is -2.51. The number of aliphatic carboxylic acids is 1. The van der Waals surface area contributed by atoms with Gasteiger partial charge in [0.15, 0.2) is 25.2 Å². The summed E-state index contributed by atoms with van der Waals surface area (Å²) in [7, 11) is 0. The third-order valence-electron chi connectivity index (χ3n) is 12.1. The second-order valence-corrected chi connectivity index (χ2v) is 16.8. The molecule has 0 bridgehead atoms. The van der Waals surface area contributed by atoms with E-state index in [-0.39, 0.29) is 0 Å².